The maximum atomic E-state index is 14.5. The molecular weight excluding hydrogens is 386 g/mol. The van der Waals surface area contributed by atoms with Crippen LogP contribution in [0.1, 0.15) is 41.3 Å². The van der Waals surface area contributed by atoms with Crippen LogP contribution in [-0.2, 0) is 6.42 Å². The van der Waals surface area contributed by atoms with Crippen LogP contribution in [0.25, 0.3) is 11.1 Å². The summed E-state index contributed by atoms with van der Waals surface area (Å²) < 4.78 is 33.7. The minimum absolute atomic E-state index is 0.0724. The van der Waals surface area contributed by atoms with E-state index in [2.05, 4.69) is 0 Å². The Hall–Kier alpha value is -3.21. The van der Waals surface area contributed by atoms with E-state index in [1.807, 2.05) is 37.3 Å². The number of ether oxygens (including phenoxy) is 1. The third-order valence-electron chi connectivity index (χ3n) is 4.95. The highest BCUT2D eigenvalue weighted by Gasteiger charge is 2.18. The van der Waals surface area contributed by atoms with Crippen molar-refractivity contribution in [2.24, 2.45) is 0 Å². The maximum Gasteiger partial charge on any atom is 0.207 e. The molecule has 0 unspecified atom stereocenters. The lowest BCUT2D eigenvalue weighted by Crippen LogP contribution is -2.03. The second-order valence-corrected chi connectivity index (χ2v) is 7.16. The van der Waals surface area contributed by atoms with Crippen LogP contribution in [0.5, 0.6) is 11.5 Å². The number of aromatic hydroxyl groups is 1. The summed E-state index contributed by atoms with van der Waals surface area (Å²) in [5, 5.41) is 9.96. The zero-order valence-electron chi connectivity index (χ0n) is 17.0. The number of phenols is 1. The third kappa shape index (κ3) is 4.85. The highest BCUT2D eigenvalue weighted by atomic mass is 19.1. The van der Waals surface area contributed by atoms with Gasteiger partial charge in [-0.2, -0.15) is 4.39 Å². The zero-order valence-corrected chi connectivity index (χ0v) is 17.0. The molecule has 0 bridgehead atoms. The second kappa shape index (κ2) is 9.53. The Morgan fingerprint density at radius 1 is 1.03 bits per heavy atom. The summed E-state index contributed by atoms with van der Waals surface area (Å²) >= 11 is 0. The van der Waals surface area contributed by atoms with Crippen molar-refractivity contribution >= 4 is 5.78 Å². The fraction of sp³-hybridized carbons (Fsp3) is 0.240. The van der Waals surface area contributed by atoms with Gasteiger partial charge in [-0.1, -0.05) is 42.0 Å². The molecule has 0 aromatic heterocycles. The summed E-state index contributed by atoms with van der Waals surface area (Å²) in [7, 11) is 0. The van der Waals surface area contributed by atoms with Crippen LogP contribution >= 0.6 is 0 Å². The van der Waals surface area contributed by atoms with E-state index in [0.29, 0.717) is 18.4 Å². The fourth-order valence-corrected chi connectivity index (χ4v) is 3.31. The van der Waals surface area contributed by atoms with Gasteiger partial charge in [0.2, 0.25) is 5.82 Å². The lowest BCUT2D eigenvalue weighted by Gasteiger charge is -2.10. The van der Waals surface area contributed by atoms with Crippen molar-refractivity contribution in [1.29, 1.82) is 0 Å². The Morgan fingerprint density at radius 3 is 2.43 bits per heavy atom. The Labute approximate surface area is 175 Å². The molecule has 3 aromatic carbocycles. The standard InChI is InChI=1S/C25H24F2O3/c1-3-30-23-14-13-20(25(29)24(23)27)22(28)6-4-5-17-9-12-19(21(26)15-17)18-10-7-16(2)8-11-18/h7-15,29H,3-6H2,1-2H3. The second-order valence-electron chi connectivity index (χ2n) is 7.16. The molecule has 1 N–H and O–H groups in total. The molecule has 0 aliphatic carbocycles. The molecule has 0 aliphatic heterocycles. The first-order valence-corrected chi connectivity index (χ1v) is 9.93. The number of hydrogen-bond acceptors (Lipinski definition) is 3. The van der Waals surface area contributed by atoms with Gasteiger partial charge in [0.25, 0.3) is 0 Å². The molecule has 5 heteroatoms. The number of benzene rings is 3. The van der Waals surface area contributed by atoms with E-state index < -0.39 is 11.6 Å². The minimum Gasteiger partial charge on any atom is -0.504 e. The summed E-state index contributed by atoms with van der Waals surface area (Å²) in [5.74, 6) is -2.40. The van der Waals surface area contributed by atoms with Crippen LogP contribution in [0, 0.1) is 18.6 Å². The van der Waals surface area contributed by atoms with Crippen molar-refractivity contribution in [3.8, 4) is 22.6 Å². The molecule has 0 heterocycles. The van der Waals surface area contributed by atoms with E-state index in [-0.39, 0.29) is 35.9 Å². The van der Waals surface area contributed by atoms with Gasteiger partial charge in [-0.05, 0) is 56.0 Å². The average Bonchev–Trinajstić information content (AvgIpc) is 2.72. The predicted molar refractivity (Wildman–Crippen MR) is 113 cm³/mol. The summed E-state index contributed by atoms with van der Waals surface area (Å²) in [5.41, 5.74) is 3.16. The SMILES string of the molecule is CCOc1ccc(C(=O)CCCc2ccc(-c3ccc(C)cc3)c(F)c2)c(O)c1F. The lowest BCUT2D eigenvalue weighted by atomic mass is 9.98. The number of hydrogen-bond donors (Lipinski definition) is 1. The predicted octanol–water partition coefficient (Wildman–Crippen LogP) is 6.25. The first-order valence-electron chi connectivity index (χ1n) is 9.93. The summed E-state index contributed by atoms with van der Waals surface area (Å²) in [6, 6.07) is 15.4. The summed E-state index contributed by atoms with van der Waals surface area (Å²) in [6.45, 7) is 3.93. The smallest absolute Gasteiger partial charge is 0.207 e. The molecule has 0 saturated heterocycles. The van der Waals surface area contributed by atoms with Crippen molar-refractivity contribution < 1.29 is 23.4 Å². The molecule has 0 saturated carbocycles. The van der Waals surface area contributed by atoms with E-state index in [1.54, 1.807) is 13.0 Å². The van der Waals surface area contributed by atoms with E-state index in [4.69, 9.17) is 4.74 Å². The van der Waals surface area contributed by atoms with Gasteiger partial charge in [-0.15, -0.1) is 0 Å². The van der Waals surface area contributed by atoms with Crippen molar-refractivity contribution in [2.75, 3.05) is 6.61 Å². The van der Waals surface area contributed by atoms with Gasteiger partial charge in [-0.3, -0.25) is 4.79 Å². The molecule has 3 rings (SSSR count). The van der Waals surface area contributed by atoms with Crippen molar-refractivity contribution in [3.05, 3.63) is 82.9 Å². The van der Waals surface area contributed by atoms with Crippen molar-refractivity contribution in [1.82, 2.24) is 0 Å². The molecule has 3 nitrogen and oxygen atoms in total. The molecule has 0 atom stereocenters. The van der Waals surface area contributed by atoms with Gasteiger partial charge in [0, 0.05) is 12.0 Å². The number of Topliss-reactive ketones (excluding diaryl/α,β-unsaturated/α-hetero) is 1. The zero-order chi connectivity index (χ0) is 21.7. The molecular formula is C25H24F2O3. The molecule has 0 fully saturated rings. The monoisotopic (exact) mass is 410 g/mol. The number of rotatable bonds is 8. The first-order chi connectivity index (χ1) is 14.4. The maximum absolute atomic E-state index is 14.5. The highest BCUT2D eigenvalue weighted by molar-refractivity contribution is 5.98. The van der Waals surface area contributed by atoms with Crippen LogP contribution in [-0.4, -0.2) is 17.5 Å². The van der Waals surface area contributed by atoms with Crippen LogP contribution in [0.15, 0.2) is 54.6 Å². The van der Waals surface area contributed by atoms with Crippen molar-refractivity contribution in [2.45, 2.75) is 33.1 Å². The number of phenolic OH excluding ortho intramolecular Hbond substituents is 1. The molecule has 0 amide bonds. The number of halogens is 2. The van der Waals surface area contributed by atoms with E-state index in [1.165, 1.54) is 18.2 Å². The molecule has 3 aromatic rings. The Kier molecular flexibility index (Phi) is 6.83. The fourth-order valence-electron chi connectivity index (χ4n) is 3.31. The molecule has 0 radical (unpaired) electrons. The van der Waals surface area contributed by atoms with Gasteiger partial charge in [0.15, 0.2) is 17.3 Å². The number of ketones is 1. The summed E-state index contributed by atoms with van der Waals surface area (Å²) in [6.07, 6.45) is 1.07. The Balaban J connectivity index is 1.62. The van der Waals surface area contributed by atoms with Crippen LogP contribution in [0.3, 0.4) is 0 Å². The highest BCUT2D eigenvalue weighted by Crippen LogP contribution is 2.31. The average molecular weight is 410 g/mol. The first kappa shape index (κ1) is 21.5. The van der Waals surface area contributed by atoms with Gasteiger partial charge >= 0.3 is 0 Å². The normalized spacial score (nSPS) is 10.8. The van der Waals surface area contributed by atoms with E-state index >= 15 is 0 Å². The van der Waals surface area contributed by atoms with Gasteiger partial charge in [-0.25, -0.2) is 4.39 Å². The Bertz CT molecular complexity index is 1040. The quantitative estimate of drug-likeness (QED) is 0.447. The van der Waals surface area contributed by atoms with Gasteiger partial charge in [0.1, 0.15) is 5.82 Å². The van der Waals surface area contributed by atoms with Gasteiger partial charge in [0.05, 0.1) is 12.2 Å². The number of carbonyl (C=O) groups is 1. The minimum atomic E-state index is -0.934. The lowest BCUT2D eigenvalue weighted by molar-refractivity contribution is 0.0976. The van der Waals surface area contributed by atoms with E-state index in [9.17, 15) is 18.7 Å². The molecule has 30 heavy (non-hydrogen) atoms. The van der Waals surface area contributed by atoms with E-state index in [0.717, 1.165) is 16.7 Å². The Morgan fingerprint density at radius 2 is 1.77 bits per heavy atom. The van der Waals surface area contributed by atoms with Gasteiger partial charge < -0.3 is 9.84 Å². The van der Waals surface area contributed by atoms with Crippen LogP contribution < -0.4 is 4.74 Å². The summed E-state index contributed by atoms with van der Waals surface area (Å²) in [4.78, 5) is 12.4. The molecule has 0 aliphatic rings. The number of aryl methyl sites for hydroxylation is 2. The van der Waals surface area contributed by atoms with Crippen molar-refractivity contribution in [3.63, 3.8) is 0 Å². The van der Waals surface area contributed by atoms with Crippen LogP contribution in [0.4, 0.5) is 8.78 Å². The van der Waals surface area contributed by atoms with Crippen LogP contribution in [0.2, 0.25) is 0 Å². The molecule has 156 valence electrons. The molecule has 0 spiro atoms. The third-order valence-corrected chi connectivity index (χ3v) is 4.95. The number of carbonyl (C=O) groups excluding carboxylic acids is 1. The topological polar surface area (TPSA) is 46.5 Å². The largest absolute Gasteiger partial charge is 0.504 e.